The molecular weight excluding hydrogens is 382 g/mol. The molecule has 2 heterocycles. The van der Waals surface area contributed by atoms with Gasteiger partial charge in [0.15, 0.2) is 0 Å². The van der Waals surface area contributed by atoms with Crippen LogP contribution in [0.15, 0.2) is 54.2 Å². The Kier molecular flexibility index (Phi) is 6.52. The minimum Gasteiger partial charge on any atom is -0.490 e. The van der Waals surface area contributed by atoms with Crippen LogP contribution in [0.25, 0.3) is 11.3 Å². The monoisotopic (exact) mass is 407 g/mol. The third-order valence-corrected chi connectivity index (χ3v) is 6.01. The van der Waals surface area contributed by atoms with Gasteiger partial charge in [0, 0.05) is 41.9 Å². The van der Waals surface area contributed by atoms with Crippen LogP contribution in [-0.2, 0) is 6.42 Å². The predicted octanol–water partition coefficient (Wildman–Crippen LogP) is 4.89. The van der Waals surface area contributed by atoms with E-state index in [1.807, 2.05) is 36.4 Å². The van der Waals surface area contributed by atoms with Gasteiger partial charge in [0.25, 0.3) is 5.91 Å². The first-order chi connectivity index (χ1) is 14.3. The Morgan fingerprint density at radius 2 is 1.86 bits per heavy atom. The summed E-state index contributed by atoms with van der Waals surface area (Å²) in [4.78, 5) is 21.0. The first-order valence-electron chi connectivity index (χ1n) is 10.2. The van der Waals surface area contributed by atoms with Crippen molar-refractivity contribution in [3.8, 4) is 17.0 Å². The van der Waals surface area contributed by atoms with Crippen molar-refractivity contribution in [2.45, 2.75) is 44.6 Å². The second-order valence-corrected chi connectivity index (χ2v) is 8.21. The van der Waals surface area contributed by atoms with E-state index in [0.717, 1.165) is 47.7 Å². The summed E-state index contributed by atoms with van der Waals surface area (Å²) in [6, 6.07) is 11.4. The molecule has 1 saturated carbocycles. The number of pyridine rings is 1. The standard InChI is InChI=1S/C23H25N3O2S/c27-23(18-7-9-20(10-8-18)28-19-4-1-2-5-19)25-13-3-6-22-26-21(16-29-22)17-11-14-24-15-12-17/h7-12,14-16,19H,1-6,13H2,(H,25,27). The minimum absolute atomic E-state index is 0.0472. The third kappa shape index (κ3) is 5.41. The van der Waals surface area contributed by atoms with Gasteiger partial charge in [0.05, 0.1) is 16.8 Å². The van der Waals surface area contributed by atoms with Gasteiger partial charge in [0.2, 0.25) is 0 Å². The van der Waals surface area contributed by atoms with Gasteiger partial charge in [-0.25, -0.2) is 4.98 Å². The number of carbonyl (C=O) groups excluding carboxylic acids is 1. The van der Waals surface area contributed by atoms with E-state index < -0.39 is 0 Å². The van der Waals surface area contributed by atoms with Crippen LogP contribution >= 0.6 is 11.3 Å². The number of amides is 1. The summed E-state index contributed by atoms with van der Waals surface area (Å²) >= 11 is 1.66. The van der Waals surface area contributed by atoms with Crippen molar-refractivity contribution in [2.24, 2.45) is 0 Å². The maximum Gasteiger partial charge on any atom is 0.251 e. The Balaban J connectivity index is 1.20. The van der Waals surface area contributed by atoms with Gasteiger partial charge in [-0.3, -0.25) is 9.78 Å². The molecule has 0 atom stereocenters. The number of thiazole rings is 1. The maximum atomic E-state index is 12.3. The van der Waals surface area contributed by atoms with Crippen LogP contribution < -0.4 is 10.1 Å². The molecular formula is C23H25N3O2S. The number of aromatic nitrogens is 2. The van der Waals surface area contributed by atoms with Crippen molar-refractivity contribution in [3.63, 3.8) is 0 Å². The molecule has 0 spiro atoms. The van der Waals surface area contributed by atoms with E-state index in [0.29, 0.717) is 18.2 Å². The van der Waals surface area contributed by atoms with E-state index in [9.17, 15) is 4.79 Å². The molecule has 0 unspecified atom stereocenters. The lowest BCUT2D eigenvalue weighted by atomic mass is 10.2. The quantitative estimate of drug-likeness (QED) is 0.540. The summed E-state index contributed by atoms with van der Waals surface area (Å²) in [7, 11) is 0. The summed E-state index contributed by atoms with van der Waals surface area (Å²) in [5, 5.41) is 6.14. The second kappa shape index (κ2) is 9.65. The summed E-state index contributed by atoms with van der Waals surface area (Å²) in [5.74, 6) is 0.802. The first-order valence-corrected chi connectivity index (χ1v) is 11.1. The molecule has 4 rings (SSSR count). The molecule has 0 saturated heterocycles. The van der Waals surface area contributed by atoms with E-state index in [2.05, 4.69) is 20.7 Å². The summed E-state index contributed by atoms with van der Waals surface area (Å²) in [6.45, 7) is 0.628. The Morgan fingerprint density at radius 1 is 1.10 bits per heavy atom. The minimum atomic E-state index is -0.0472. The molecule has 2 aromatic heterocycles. The van der Waals surface area contributed by atoms with Crippen LogP contribution in [0.5, 0.6) is 5.75 Å². The average Bonchev–Trinajstić information content (AvgIpc) is 3.44. The van der Waals surface area contributed by atoms with Crippen LogP contribution in [0.3, 0.4) is 0 Å². The zero-order valence-electron chi connectivity index (χ0n) is 16.3. The normalized spacial score (nSPS) is 14.1. The van der Waals surface area contributed by atoms with Crippen molar-refractivity contribution in [1.82, 2.24) is 15.3 Å². The molecule has 1 aliphatic carbocycles. The van der Waals surface area contributed by atoms with Gasteiger partial charge in [0.1, 0.15) is 5.75 Å². The van der Waals surface area contributed by atoms with E-state index in [-0.39, 0.29) is 5.91 Å². The fourth-order valence-electron chi connectivity index (χ4n) is 3.51. The maximum absolute atomic E-state index is 12.3. The second-order valence-electron chi connectivity index (χ2n) is 7.27. The summed E-state index contributed by atoms with van der Waals surface area (Å²) < 4.78 is 5.95. The van der Waals surface area contributed by atoms with Crippen LogP contribution in [0.4, 0.5) is 0 Å². The van der Waals surface area contributed by atoms with E-state index >= 15 is 0 Å². The highest BCUT2D eigenvalue weighted by atomic mass is 32.1. The molecule has 1 amide bonds. The lowest BCUT2D eigenvalue weighted by molar-refractivity contribution is 0.0953. The molecule has 0 aliphatic heterocycles. The van der Waals surface area contributed by atoms with Crippen LogP contribution in [-0.4, -0.2) is 28.5 Å². The molecule has 1 fully saturated rings. The molecule has 29 heavy (non-hydrogen) atoms. The smallest absolute Gasteiger partial charge is 0.251 e. The molecule has 150 valence electrons. The van der Waals surface area contributed by atoms with Gasteiger partial charge in [-0.1, -0.05) is 0 Å². The van der Waals surface area contributed by atoms with E-state index in [1.165, 1.54) is 12.8 Å². The predicted molar refractivity (Wildman–Crippen MR) is 115 cm³/mol. The number of ether oxygens (including phenoxy) is 1. The fraction of sp³-hybridized carbons (Fsp3) is 0.348. The zero-order chi connectivity index (χ0) is 19.9. The molecule has 3 aromatic rings. The third-order valence-electron chi connectivity index (χ3n) is 5.10. The highest BCUT2D eigenvalue weighted by Gasteiger charge is 2.16. The molecule has 5 nitrogen and oxygen atoms in total. The Hall–Kier alpha value is -2.73. The topological polar surface area (TPSA) is 64.1 Å². The Labute approximate surface area is 175 Å². The van der Waals surface area contributed by atoms with Crippen molar-refractivity contribution in [3.05, 3.63) is 64.7 Å². The van der Waals surface area contributed by atoms with Crippen molar-refractivity contribution >= 4 is 17.2 Å². The van der Waals surface area contributed by atoms with Gasteiger partial charge in [-0.05, 0) is 68.5 Å². The lowest BCUT2D eigenvalue weighted by Crippen LogP contribution is -2.24. The van der Waals surface area contributed by atoms with Gasteiger partial charge < -0.3 is 10.1 Å². The first kappa shape index (κ1) is 19.6. The number of nitrogens with zero attached hydrogens (tertiary/aromatic N) is 2. The summed E-state index contributed by atoms with van der Waals surface area (Å²) in [6.07, 6.45) is 10.3. The Morgan fingerprint density at radius 3 is 2.62 bits per heavy atom. The number of rotatable bonds is 8. The zero-order valence-corrected chi connectivity index (χ0v) is 17.2. The SMILES string of the molecule is O=C(NCCCc1nc(-c2ccncc2)cs1)c1ccc(OC2CCCC2)cc1. The van der Waals surface area contributed by atoms with Crippen LogP contribution in [0.1, 0.15) is 47.5 Å². The molecule has 1 aromatic carbocycles. The van der Waals surface area contributed by atoms with Gasteiger partial charge in [-0.2, -0.15) is 0 Å². The molecule has 6 heteroatoms. The van der Waals surface area contributed by atoms with Gasteiger partial charge >= 0.3 is 0 Å². The molecule has 1 aliphatic rings. The van der Waals surface area contributed by atoms with Crippen LogP contribution in [0.2, 0.25) is 0 Å². The highest BCUT2D eigenvalue weighted by molar-refractivity contribution is 7.09. The average molecular weight is 408 g/mol. The largest absolute Gasteiger partial charge is 0.490 e. The molecule has 0 radical (unpaired) electrons. The van der Waals surface area contributed by atoms with Crippen molar-refractivity contribution in [2.75, 3.05) is 6.54 Å². The summed E-state index contributed by atoms with van der Waals surface area (Å²) in [5.41, 5.74) is 2.73. The number of hydrogen-bond acceptors (Lipinski definition) is 5. The van der Waals surface area contributed by atoms with Gasteiger partial charge in [-0.15, -0.1) is 11.3 Å². The number of aryl methyl sites for hydroxylation is 1. The van der Waals surface area contributed by atoms with E-state index in [4.69, 9.17) is 4.74 Å². The van der Waals surface area contributed by atoms with E-state index in [1.54, 1.807) is 23.7 Å². The molecule has 0 bridgehead atoms. The molecule has 1 N–H and O–H groups in total. The number of carbonyl (C=O) groups is 1. The lowest BCUT2D eigenvalue weighted by Gasteiger charge is -2.13. The van der Waals surface area contributed by atoms with Crippen LogP contribution in [0, 0.1) is 0 Å². The number of hydrogen-bond donors (Lipinski definition) is 1. The van der Waals surface area contributed by atoms with Crippen molar-refractivity contribution < 1.29 is 9.53 Å². The fourth-order valence-corrected chi connectivity index (χ4v) is 4.36. The number of benzene rings is 1. The highest BCUT2D eigenvalue weighted by Crippen LogP contribution is 2.24. The number of nitrogens with one attached hydrogen (secondary N) is 1. The van der Waals surface area contributed by atoms with Crippen molar-refractivity contribution in [1.29, 1.82) is 0 Å². The Bertz CT molecular complexity index is 919.